The normalized spacial score (nSPS) is 12.2. The predicted molar refractivity (Wildman–Crippen MR) is 154 cm³/mol. The first-order valence-corrected chi connectivity index (χ1v) is 15.5. The molecule has 0 aliphatic heterocycles. The molecular weight excluding hydrogens is 464 g/mol. The fraction of sp³-hybridized carbons (Fsp3) is 0.903. The molecule has 0 aromatic carbocycles. The highest BCUT2D eigenvalue weighted by Gasteiger charge is 2.26. The number of carbonyl (C=O) groups is 3. The molecule has 0 aliphatic rings. The molecule has 0 aromatic heterocycles. The molecular formula is C31H60N2O4. The maximum atomic E-state index is 12.8. The Hall–Kier alpha value is -1.59. The van der Waals surface area contributed by atoms with Crippen molar-refractivity contribution < 1.29 is 19.1 Å². The number of hydrogen-bond donors (Lipinski definition) is 2. The van der Waals surface area contributed by atoms with Gasteiger partial charge in [0.2, 0.25) is 11.8 Å². The van der Waals surface area contributed by atoms with E-state index in [0.717, 1.165) is 32.1 Å². The topological polar surface area (TPSA) is 84.5 Å². The summed E-state index contributed by atoms with van der Waals surface area (Å²) in [6, 6.07) is -0.889. The fourth-order valence-corrected chi connectivity index (χ4v) is 4.39. The average Bonchev–Trinajstić information content (AvgIpc) is 2.82. The first kappa shape index (κ1) is 35.4. The van der Waals surface area contributed by atoms with E-state index >= 15 is 0 Å². The number of ether oxygens (including phenoxy) is 1. The van der Waals surface area contributed by atoms with E-state index in [2.05, 4.69) is 24.5 Å². The lowest BCUT2D eigenvalue weighted by atomic mass is 10.0. The second kappa shape index (κ2) is 23.5. The molecule has 2 amide bonds. The van der Waals surface area contributed by atoms with E-state index in [1.165, 1.54) is 83.5 Å². The van der Waals surface area contributed by atoms with Crippen LogP contribution in [0.4, 0.5) is 0 Å². The van der Waals surface area contributed by atoms with Gasteiger partial charge in [-0.05, 0) is 33.6 Å². The van der Waals surface area contributed by atoms with Crippen LogP contribution in [0, 0.1) is 0 Å². The third-order valence-electron chi connectivity index (χ3n) is 6.53. The number of esters is 1. The summed E-state index contributed by atoms with van der Waals surface area (Å²) >= 11 is 0. The third-order valence-corrected chi connectivity index (χ3v) is 6.53. The molecule has 6 nitrogen and oxygen atoms in total. The van der Waals surface area contributed by atoms with Crippen molar-refractivity contribution in [3.8, 4) is 0 Å². The summed E-state index contributed by atoms with van der Waals surface area (Å²) in [4.78, 5) is 37.7. The van der Waals surface area contributed by atoms with Crippen molar-refractivity contribution in [2.45, 2.75) is 175 Å². The summed E-state index contributed by atoms with van der Waals surface area (Å²) in [5.41, 5.74) is -0.630. The number of nitrogens with one attached hydrogen (secondary N) is 2. The highest BCUT2D eigenvalue weighted by molar-refractivity contribution is 5.90. The van der Waals surface area contributed by atoms with Crippen LogP contribution < -0.4 is 10.6 Å². The van der Waals surface area contributed by atoms with E-state index in [0.29, 0.717) is 13.0 Å². The molecule has 37 heavy (non-hydrogen) atoms. The van der Waals surface area contributed by atoms with Gasteiger partial charge >= 0.3 is 5.97 Å². The monoisotopic (exact) mass is 524 g/mol. The van der Waals surface area contributed by atoms with E-state index in [4.69, 9.17) is 4.74 Å². The molecule has 0 saturated heterocycles. The van der Waals surface area contributed by atoms with Crippen LogP contribution in [0.25, 0.3) is 0 Å². The highest BCUT2D eigenvalue weighted by atomic mass is 16.6. The van der Waals surface area contributed by atoms with Crippen molar-refractivity contribution in [3.63, 3.8) is 0 Å². The Kier molecular flexibility index (Phi) is 22.5. The van der Waals surface area contributed by atoms with Crippen molar-refractivity contribution in [1.29, 1.82) is 0 Å². The van der Waals surface area contributed by atoms with Crippen molar-refractivity contribution in [1.82, 2.24) is 10.6 Å². The van der Waals surface area contributed by atoms with Crippen LogP contribution in [-0.2, 0) is 19.1 Å². The molecule has 0 spiro atoms. The van der Waals surface area contributed by atoms with E-state index in [1.54, 1.807) is 20.8 Å². The van der Waals surface area contributed by atoms with Gasteiger partial charge in [-0.15, -0.1) is 0 Å². The minimum absolute atomic E-state index is 0.149. The molecule has 0 rings (SSSR count). The van der Waals surface area contributed by atoms with Gasteiger partial charge in [0.1, 0.15) is 11.6 Å². The molecule has 0 aliphatic carbocycles. The van der Waals surface area contributed by atoms with Crippen LogP contribution >= 0.6 is 0 Å². The van der Waals surface area contributed by atoms with E-state index < -0.39 is 17.6 Å². The van der Waals surface area contributed by atoms with Crippen LogP contribution in [0.5, 0.6) is 0 Å². The Morgan fingerprint density at radius 2 is 1.08 bits per heavy atom. The number of carbonyl (C=O) groups excluding carboxylic acids is 3. The maximum Gasteiger partial charge on any atom is 0.308 e. The summed E-state index contributed by atoms with van der Waals surface area (Å²) in [5, 5.41) is 5.70. The van der Waals surface area contributed by atoms with Crippen LogP contribution in [0.3, 0.4) is 0 Å². The van der Waals surface area contributed by atoms with E-state index in [9.17, 15) is 14.4 Å². The Morgan fingerprint density at radius 1 is 0.649 bits per heavy atom. The number of hydrogen-bond acceptors (Lipinski definition) is 4. The second-order valence-corrected chi connectivity index (χ2v) is 11.6. The van der Waals surface area contributed by atoms with Gasteiger partial charge in [-0.2, -0.15) is 0 Å². The smallest absolute Gasteiger partial charge is 0.308 e. The second-order valence-electron chi connectivity index (χ2n) is 11.6. The van der Waals surface area contributed by atoms with Gasteiger partial charge in [-0.3, -0.25) is 14.4 Å². The summed E-state index contributed by atoms with van der Waals surface area (Å²) in [5.74, 6) is -0.946. The number of unbranched alkanes of at least 4 members (excludes halogenated alkanes) is 16. The van der Waals surface area contributed by atoms with Gasteiger partial charge in [0.05, 0.1) is 6.42 Å². The van der Waals surface area contributed by atoms with Gasteiger partial charge in [0.15, 0.2) is 0 Å². The van der Waals surface area contributed by atoms with Gasteiger partial charge in [0.25, 0.3) is 0 Å². The molecule has 0 fully saturated rings. The highest BCUT2D eigenvalue weighted by Crippen LogP contribution is 2.13. The Balaban J connectivity index is 4.31. The van der Waals surface area contributed by atoms with E-state index in [-0.39, 0.29) is 18.2 Å². The number of amides is 2. The first-order chi connectivity index (χ1) is 17.7. The zero-order valence-electron chi connectivity index (χ0n) is 25.1. The third kappa shape index (κ3) is 24.5. The fourth-order valence-electron chi connectivity index (χ4n) is 4.39. The maximum absolute atomic E-state index is 12.8. The predicted octanol–water partition coefficient (Wildman–Crippen LogP) is 7.77. The SMILES string of the molecule is CCCCCCCCCCCCCC(=O)N[C@@H](CC(=O)OC(C)(C)C)C(=O)NCCCCCCCCC. The van der Waals surface area contributed by atoms with Crippen molar-refractivity contribution in [2.24, 2.45) is 0 Å². The molecule has 1 atom stereocenters. The summed E-state index contributed by atoms with van der Waals surface area (Å²) < 4.78 is 5.39. The molecule has 0 saturated carbocycles. The Morgan fingerprint density at radius 3 is 1.54 bits per heavy atom. The molecule has 0 unspecified atom stereocenters. The molecule has 6 heteroatoms. The number of rotatable bonds is 24. The van der Waals surface area contributed by atoms with Crippen LogP contribution in [0.15, 0.2) is 0 Å². The molecule has 2 N–H and O–H groups in total. The first-order valence-electron chi connectivity index (χ1n) is 15.5. The van der Waals surface area contributed by atoms with Crippen molar-refractivity contribution in [2.75, 3.05) is 6.54 Å². The standard InChI is InChI=1S/C31H60N2O4/c1-6-8-10-12-14-15-16-17-18-20-22-24-28(34)33-27(26-29(35)37-31(3,4)5)30(36)32-25-23-21-19-13-11-9-7-2/h27H,6-26H2,1-5H3,(H,32,36)(H,33,34)/t27-/m0/s1. The van der Waals surface area contributed by atoms with Gasteiger partial charge in [0, 0.05) is 13.0 Å². The lowest BCUT2D eigenvalue weighted by Gasteiger charge is -2.22. The van der Waals surface area contributed by atoms with Gasteiger partial charge < -0.3 is 15.4 Å². The molecule has 0 aromatic rings. The average molecular weight is 525 g/mol. The quantitative estimate of drug-likeness (QED) is 0.0997. The zero-order chi connectivity index (χ0) is 27.8. The van der Waals surface area contributed by atoms with Gasteiger partial charge in [-0.25, -0.2) is 0 Å². The minimum Gasteiger partial charge on any atom is -0.460 e. The lowest BCUT2D eigenvalue weighted by molar-refractivity contribution is -0.156. The molecule has 0 bridgehead atoms. The van der Waals surface area contributed by atoms with Crippen LogP contribution in [-0.4, -0.2) is 36.0 Å². The van der Waals surface area contributed by atoms with E-state index in [1.807, 2.05) is 0 Å². The van der Waals surface area contributed by atoms with Crippen molar-refractivity contribution in [3.05, 3.63) is 0 Å². The zero-order valence-corrected chi connectivity index (χ0v) is 25.1. The lowest BCUT2D eigenvalue weighted by Crippen LogP contribution is -2.48. The Labute approximate surface area is 228 Å². The van der Waals surface area contributed by atoms with Crippen molar-refractivity contribution >= 4 is 17.8 Å². The summed E-state index contributed by atoms with van der Waals surface area (Å²) in [7, 11) is 0. The minimum atomic E-state index is -0.889. The summed E-state index contributed by atoms with van der Waals surface area (Å²) in [6.45, 7) is 10.4. The molecule has 0 radical (unpaired) electrons. The molecule has 218 valence electrons. The molecule has 0 heterocycles. The largest absolute Gasteiger partial charge is 0.460 e. The van der Waals surface area contributed by atoms with Gasteiger partial charge in [-0.1, -0.05) is 117 Å². The van der Waals surface area contributed by atoms with Crippen LogP contribution in [0.2, 0.25) is 0 Å². The summed E-state index contributed by atoms with van der Waals surface area (Å²) in [6.07, 6.45) is 21.9. The Bertz CT molecular complexity index is 586. The van der Waals surface area contributed by atoms with Crippen LogP contribution in [0.1, 0.15) is 163 Å².